The zero-order valence-electron chi connectivity index (χ0n) is 32.8. The van der Waals surface area contributed by atoms with Crippen molar-refractivity contribution in [2.45, 2.75) is 172 Å². The second-order valence-corrected chi connectivity index (χ2v) is 18.5. The van der Waals surface area contributed by atoms with Crippen molar-refractivity contribution in [3.8, 4) is 11.5 Å². The van der Waals surface area contributed by atoms with Gasteiger partial charge in [0.15, 0.2) is 0 Å². The van der Waals surface area contributed by atoms with Gasteiger partial charge in [-0.3, -0.25) is 9.80 Å². The maximum Gasteiger partial charge on any atom is 0.122 e. The first-order valence-electron chi connectivity index (χ1n) is 18.1. The third kappa shape index (κ3) is 8.51. The van der Waals surface area contributed by atoms with Gasteiger partial charge in [0, 0.05) is 49.4 Å². The summed E-state index contributed by atoms with van der Waals surface area (Å²) in [5.74, 6) is 0.960. The molecule has 4 nitrogen and oxygen atoms in total. The number of hydrogen-bond donors (Lipinski definition) is 2. The summed E-state index contributed by atoms with van der Waals surface area (Å²) < 4.78 is 0. The van der Waals surface area contributed by atoms with Crippen LogP contribution in [0.2, 0.25) is 0 Å². The standard InChI is InChI=1S/C42H70N2O2/c1-17-35-36(18-2)44(24-32-28(4)22-34(38(46)30(32)6)42(15,16)26-40(10,11)12)20-19-43(35)23-31-27(3)21-33(37(45)29(31)5)41(13,14)25-39(7,8)9/h21-22,35-36,45-46H,17-20,23-26H2,1-16H3. The highest BCUT2D eigenvalue weighted by molar-refractivity contribution is 5.53. The Labute approximate surface area is 284 Å². The van der Waals surface area contributed by atoms with E-state index in [0.29, 0.717) is 23.6 Å². The Hall–Kier alpha value is -2.04. The van der Waals surface area contributed by atoms with Crippen LogP contribution < -0.4 is 0 Å². The predicted molar refractivity (Wildman–Crippen MR) is 198 cm³/mol. The predicted octanol–water partition coefficient (Wildman–Crippen LogP) is 10.6. The molecule has 4 heteroatoms. The third-order valence-electron chi connectivity index (χ3n) is 10.8. The van der Waals surface area contributed by atoms with Gasteiger partial charge in [0.05, 0.1) is 0 Å². The Balaban J connectivity index is 1.89. The van der Waals surface area contributed by atoms with Gasteiger partial charge in [0.2, 0.25) is 0 Å². The summed E-state index contributed by atoms with van der Waals surface area (Å²) in [7, 11) is 0. The minimum Gasteiger partial charge on any atom is -0.507 e. The summed E-state index contributed by atoms with van der Waals surface area (Å²) in [6, 6.07) is 5.39. The number of phenols is 2. The Morgan fingerprint density at radius 2 is 0.891 bits per heavy atom. The number of nitrogens with zero attached hydrogens (tertiary/aromatic N) is 2. The molecule has 1 fully saturated rings. The smallest absolute Gasteiger partial charge is 0.122 e. The Morgan fingerprint density at radius 3 is 1.15 bits per heavy atom. The highest BCUT2D eigenvalue weighted by Gasteiger charge is 2.37. The zero-order chi connectivity index (χ0) is 35.2. The number of benzene rings is 2. The van der Waals surface area contributed by atoms with Crippen LogP contribution in [0.4, 0.5) is 0 Å². The molecule has 260 valence electrons. The molecule has 0 radical (unpaired) electrons. The lowest BCUT2D eigenvalue weighted by Gasteiger charge is -2.48. The van der Waals surface area contributed by atoms with E-state index in [1.165, 1.54) is 22.3 Å². The van der Waals surface area contributed by atoms with Gasteiger partial charge in [-0.1, -0.05) is 95.2 Å². The first kappa shape index (κ1) is 38.4. The van der Waals surface area contributed by atoms with E-state index in [9.17, 15) is 10.2 Å². The lowest BCUT2D eigenvalue weighted by Crippen LogP contribution is -2.58. The molecule has 1 aliphatic heterocycles. The number of rotatable bonds is 10. The summed E-state index contributed by atoms with van der Waals surface area (Å²) in [6.45, 7) is 39.8. The second kappa shape index (κ2) is 13.8. The van der Waals surface area contributed by atoms with Crippen LogP contribution in [0.1, 0.15) is 153 Å². The topological polar surface area (TPSA) is 46.9 Å². The molecule has 1 saturated heterocycles. The molecule has 0 aromatic heterocycles. The fourth-order valence-electron chi connectivity index (χ4n) is 9.32. The van der Waals surface area contributed by atoms with Gasteiger partial charge in [-0.25, -0.2) is 0 Å². The van der Waals surface area contributed by atoms with Crippen molar-refractivity contribution >= 4 is 0 Å². The molecule has 3 rings (SSSR count). The minimum atomic E-state index is -0.105. The largest absolute Gasteiger partial charge is 0.507 e. The fraction of sp³-hybridized carbons (Fsp3) is 0.714. The molecule has 2 atom stereocenters. The van der Waals surface area contributed by atoms with E-state index in [-0.39, 0.29) is 21.7 Å². The van der Waals surface area contributed by atoms with Crippen molar-refractivity contribution in [3.05, 3.63) is 56.6 Å². The minimum absolute atomic E-state index is 0.105. The van der Waals surface area contributed by atoms with Crippen LogP contribution in [-0.4, -0.2) is 45.2 Å². The van der Waals surface area contributed by atoms with Gasteiger partial charge in [0.25, 0.3) is 0 Å². The highest BCUT2D eigenvalue weighted by atomic mass is 16.3. The van der Waals surface area contributed by atoms with Crippen LogP contribution in [0.3, 0.4) is 0 Å². The molecular weight excluding hydrogens is 564 g/mol. The molecule has 0 bridgehead atoms. The van der Waals surface area contributed by atoms with E-state index >= 15 is 0 Å². The summed E-state index contributed by atoms with van der Waals surface area (Å²) in [5, 5.41) is 23.1. The van der Waals surface area contributed by atoms with Gasteiger partial charge in [-0.15, -0.1) is 0 Å². The normalized spacial score (nSPS) is 19.2. The average molecular weight is 635 g/mol. The molecule has 1 heterocycles. The lowest BCUT2D eigenvalue weighted by atomic mass is 9.71. The molecular formula is C42H70N2O2. The number of aromatic hydroxyl groups is 2. The van der Waals surface area contributed by atoms with E-state index in [1.54, 1.807) is 0 Å². The number of phenolic OH excluding ortho intramolecular Hbond substituents is 2. The number of piperazine rings is 1. The van der Waals surface area contributed by atoms with E-state index in [2.05, 4.69) is 133 Å². The molecule has 46 heavy (non-hydrogen) atoms. The maximum atomic E-state index is 11.5. The molecule has 0 amide bonds. The van der Waals surface area contributed by atoms with Crippen molar-refractivity contribution in [2.24, 2.45) is 10.8 Å². The van der Waals surface area contributed by atoms with Crippen molar-refractivity contribution in [1.82, 2.24) is 9.80 Å². The zero-order valence-corrected chi connectivity index (χ0v) is 32.8. The quantitative estimate of drug-likeness (QED) is 0.273. The van der Waals surface area contributed by atoms with Crippen LogP contribution in [0.25, 0.3) is 0 Å². The fourth-order valence-corrected chi connectivity index (χ4v) is 9.32. The molecule has 2 N–H and O–H groups in total. The van der Waals surface area contributed by atoms with E-state index in [4.69, 9.17) is 0 Å². The first-order valence-corrected chi connectivity index (χ1v) is 18.1. The van der Waals surface area contributed by atoms with Gasteiger partial charge >= 0.3 is 0 Å². The van der Waals surface area contributed by atoms with Gasteiger partial charge < -0.3 is 10.2 Å². The second-order valence-electron chi connectivity index (χ2n) is 18.5. The molecule has 0 aliphatic carbocycles. The van der Waals surface area contributed by atoms with E-state index in [1.807, 2.05) is 0 Å². The first-order chi connectivity index (χ1) is 20.9. The van der Waals surface area contributed by atoms with Crippen molar-refractivity contribution < 1.29 is 10.2 Å². The molecule has 2 aromatic rings. The SMILES string of the molecule is CCC1C(CC)N(Cc2c(C)cc(C(C)(C)CC(C)(C)C)c(O)c2C)CCN1Cc1c(C)cc(C(C)(C)CC(C)(C)C)c(O)c1C. The number of hydrogen-bond acceptors (Lipinski definition) is 4. The lowest BCUT2D eigenvalue weighted by molar-refractivity contribution is 0.00508. The highest BCUT2D eigenvalue weighted by Crippen LogP contribution is 2.45. The maximum absolute atomic E-state index is 11.5. The van der Waals surface area contributed by atoms with Crippen molar-refractivity contribution in [2.75, 3.05) is 13.1 Å². The summed E-state index contributed by atoms with van der Waals surface area (Å²) >= 11 is 0. The monoisotopic (exact) mass is 635 g/mol. The van der Waals surface area contributed by atoms with Crippen LogP contribution in [-0.2, 0) is 23.9 Å². The Morgan fingerprint density at radius 1 is 0.587 bits per heavy atom. The molecule has 1 aliphatic rings. The van der Waals surface area contributed by atoms with E-state index in [0.717, 1.165) is 74.1 Å². The van der Waals surface area contributed by atoms with Crippen molar-refractivity contribution in [1.29, 1.82) is 0 Å². The van der Waals surface area contributed by atoms with Gasteiger partial charge in [-0.05, 0) is 108 Å². The summed E-state index contributed by atoms with van der Waals surface area (Å²) in [4.78, 5) is 5.35. The van der Waals surface area contributed by atoms with E-state index < -0.39 is 0 Å². The van der Waals surface area contributed by atoms with Crippen LogP contribution >= 0.6 is 0 Å². The summed E-state index contributed by atoms with van der Waals surface area (Å²) in [5.41, 5.74) is 9.51. The number of aryl methyl sites for hydroxylation is 2. The third-order valence-corrected chi connectivity index (χ3v) is 10.8. The van der Waals surface area contributed by atoms with Gasteiger partial charge in [-0.2, -0.15) is 0 Å². The molecule has 2 aromatic carbocycles. The molecule has 2 unspecified atom stereocenters. The Kier molecular flexibility index (Phi) is 11.5. The molecule has 0 spiro atoms. The average Bonchev–Trinajstić information content (AvgIpc) is 2.90. The molecule has 0 saturated carbocycles. The van der Waals surface area contributed by atoms with Crippen LogP contribution in [0.15, 0.2) is 12.1 Å². The Bertz CT molecular complexity index is 1270. The summed E-state index contributed by atoms with van der Waals surface area (Å²) in [6.07, 6.45) is 4.19. The van der Waals surface area contributed by atoms with Crippen LogP contribution in [0.5, 0.6) is 11.5 Å². The van der Waals surface area contributed by atoms with Gasteiger partial charge in [0.1, 0.15) is 11.5 Å². The van der Waals surface area contributed by atoms with Crippen LogP contribution in [0, 0.1) is 38.5 Å². The van der Waals surface area contributed by atoms with Crippen molar-refractivity contribution in [3.63, 3.8) is 0 Å².